The molecule has 0 aliphatic heterocycles. The van der Waals surface area contributed by atoms with Crippen molar-refractivity contribution in [3.05, 3.63) is 52.3 Å². The van der Waals surface area contributed by atoms with Crippen LogP contribution < -0.4 is 5.56 Å². The first-order chi connectivity index (χ1) is 7.59. The standard InChI is InChI=1S/C10H5F3N2O/c11-6-4-8(13)7(12)3-5(6)9-10(16)15-2-1-14-9/h1-4H,(H,15,16). The summed E-state index contributed by atoms with van der Waals surface area (Å²) in [6.07, 6.45) is 2.47. The van der Waals surface area contributed by atoms with Crippen molar-refractivity contribution >= 4 is 0 Å². The predicted molar refractivity (Wildman–Crippen MR) is 50.2 cm³/mol. The minimum atomic E-state index is -1.31. The first kappa shape index (κ1) is 10.4. The third-order valence-electron chi connectivity index (χ3n) is 1.97. The maximum Gasteiger partial charge on any atom is 0.274 e. The Morgan fingerprint density at radius 1 is 1.06 bits per heavy atom. The summed E-state index contributed by atoms with van der Waals surface area (Å²) in [5, 5.41) is 0. The second-order valence-corrected chi connectivity index (χ2v) is 3.01. The highest BCUT2D eigenvalue weighted by molar-refractivity contribution is 5.58. The third-order valence-corrected chi connectivity index (χ3v) is 1.97. The van der Waals surface area contributed by atoms with Crippen LogP contribution in [0.4, 0.5) is 13.2 Å². The van der Waals surface area contributed by atoms with Gasteiger partial charge in [0.25, 0.3) is 5.56 Å². The number of rotatable bonds is 1. The van der Waals surface area contributed by atoms with Gasteiger partial charge in [0.05, 0.1) is 0 Å². The van der Waals surface area contributed by atoms with Crippen molar-refractivity contribution in [2.75, 3.05) is 0 Å². The SMILES string of the molecule is O=c1[nH]ccnc1-c1cc(F)c(F)cc1F. The lowest BCUT2D eigenvalue weighted by Gasteiger charge is -2.02. The van der Waals surface area contributed by atoms with Crippen molar-refractivity contribution in [1.82, 2.24) is 9.97 Å². The third kappa shape index (κ3) is 1.69. The molecule has 0 aliphatic rings. The summed E-state index contributed by atoms with van der Waals surface area (Å²) in [5.74, 6) is -3.59. The topological polar surface area (TPSA) is 45.8 Å². The Hall–Kier alpha value is -2.11. The summed E-state index contributed by atoms with van der Waals surface area (Å²) in [5.41, 5.74) is -1.34. The fourth-order valence-electron chi connectivity index (χ4n) is 1.25. The van der Waals surface area contributed by atoms with Crippen LogP contribution >= 0.6 is 0 Å². The largest absolute Gasteiger partial charge is 0.326 e. The minimum absolute atomic E-state index is 0.293. The molecule has 3 nitrogen and oxygen atoms in total. The predicted octanol–water partition coefficient (Wildman–Crippen LogP) is 1.85. The lowest BCUT2D eigenvalue weighted by Crippen LogP contribution is -2.11. The van der Waals surface area contributed by atoms with Crippen LogP contribution in [0, 0.1) is 17.5 Å². The van der Waals surface area contributed by atoms with Gasteiger partial charge in [0, 0.05) is 24.0 Å². The number of hydrogen-bond acceptors (Lipinski definition) is 2. The van der Waals surface area contributed by atoms with Gasteiger partial charge in [-0.25, -0.2) is 18.2 Å². The van der Waals surface area contributed by atoms with E-state index in [9.17, 15) is 18.0 Å². The van der Waals surface area contributed by atoms with Crippen molar-refractivity contribution in [1.29, 1.82) is 0 Å². The van der Waals surface area contributed by atoms with Gasteiger partial charge in [0.2, 0.25) is 0 Å². The maximum atomic E-state index is 13.3. The van der Waals surface area contributed by atoms with Crippen LogP contribution in [-0.4, -0.2) is 9.97 Å². The van der Waals surface area contributed by atoms with E-state index in [1.165, 1.54) is 12.4 Å². The molecule has 0 spiro atoms. The van der Waals surface area contributed by atoms with Gasteiger partial charge in [-0.1, -0.05) is 0 Å². The fraction of sp³-hybridized carbons (Fsp3) is 0. The van der Waals surface area contributed by atoms with Gasteiger partial charge in [-0.15, -0.1) is 0 Å². The number of nitrogens with zero attached hydrogens (tertiary/aromatic N) is 1. The van der Waals surface area contributed by atoms with Crippen LogP contribution in [-0.2, 0) is 0 Å². The molecular formula is C10H5F3N2O. The van der Waals surface area contributed by atoms with Gasteiger partial charge in [-0.3, -0.25) is 4.79 Å². The van der Waals surface area contributed by atoms with Crippen LogP contribution in [0.3, 0.4) is 0 Å². The molecule has 0 aliphatic carbocycles. The number of H-pyrrole nitrogens is 1. The van der Waals surface area contributed by atoms with E-state index in [4.69, 9.17) is 0 Å². The van der Waals surface area contributed by atoms with Gasteiger partial charge in [-0.2, -0.15) is 0 Å². The van der Waals surface area contributed by atoms with Crippen LogP contribution in [0.25, 0.3) is 11.3 Å². The Balaban J connectivity index is 2.70. The van der Waals surface area contributed by atoms with E-state index in [1.54, 1.807) is 0 Å². The molecule has 1 aromatic carbocycles. The van der Waals surface area contributed by atoms with E-state index in [-0.39, 0.29) is 11.3 Å². The molecule has 0 bridgehead atoms. The molecule has 0 saturated carbocycles. The number of benzene rings is 1. The van der Waals surface area contributed by atoms with Crippen molar-refractivity contribution in [3.8, 4) is 11.3 Å². The highest BCUT2D eigenvalue weighted by Gasteiger charge is 2.14. The van der Waals surface area contributed by atoms with Gasteiger partial charge in [0.15, 0.2) is 11.6 Å². The molecule has 1 N–H and O–H groups in total. The number of halogens is 3. The van der Waals surface area contributed by atoms with E-state index >= 15 is 0 Å². The highest BCUT2D eigenvalue weighted by Crippen LogP contribution is 2.20. The maximum absolute atomic E-state index is 13.3. The van der Waals surface area contributed by atoms with Crippen molar-refractivity contribution in [3.63, 3.8) is 0 Å². The molecule has 82 valence electrons. The number of nitrogens with one attached hydrogen (secondary N) is 1. The van der Waals surface area contributed by atoms with Crippen molar-refractivity contribution in [2.45, 2.75) is 0 Å². The molecule has 16 heavy (non-hydrogen) atoms. The highest BCUT2D eigenvalue weighted by atomic mass is 19.2. The smallest absolute Gasteiger partial charge is 0.274 e. The average molecular weight is 226 g/mol. The lowest BCUT2D eigenvalue weighted by atomic mass is 10.1. The second kappa shape index (κ2) is 3.80. The van der Waals surface area contributed by atoms with Gasteiger partial charge >= 0.3 is 0 Å². The fourth-order valence-corrected chi connectivity index (χ4v) is 1.25. The molecule has 0 unspecified atom stereocenters. The van der Waals surface area contributed by atoms with Crippen LogP contribution in [0.5, 0.6) is 0 Å². The molecule has 0 saturated heterocycles. The first-order valence-electron chi connectivity index (χ1n) is 4.28. The summed E-state index contributed by atoms with van der Waals surface area (Å²) in [6.45, 7) is 0. The summed E-state index contributed by atoms with van der Waals surface area (Å²) < 4.78 is 38.8. The van der Waals surface area contributed by atoms with Crippen LogP contribution in [0.1, 0.15) is 0 Å². The van der Waals surface area contributed by atoms with Crippen LogP contribution in [0.2, 0.25) is 0 Å². The first-order valence-corrected chi connectivity index (χ1v) is 4.28. The zero-order valence-corrected chi connectivity index (χ0v) is 7.80. The van der Waals surface area contributed by atoms with E-state index in [0.29, 0.717) is 12.1 Å². The van der Waals surface area contributed by atoms with E-state index in [0.717, 1.165) is 0 Å². The van der Waals surface area contributed by atoms with Gasteiger partial charge in [0.1, 0.15) is 11.5 Å². The molecule has 0 radical (unpaired) electrons. The number of aromatic amines is 1. The van der Waals surface area contributed by atoms with Crippen LogP contribution in [0.15, 0.2) is 29.3 Å². The quantitative estimate of drug-likeness (QED) is 0.754. The Morgan fingerprint density at radius 2 is 1.75 bits per heavy atom. The summed E-state index contributed by atoms with van der Waals surface area (Å²) >= 11 is 0. The molecule has 0 atom stereocenters. The molecule has 2 rings (SSSR count). The Labute approximate surface area is 87.6 Å². The normalized spacial score (nSPS) is 10.4. The molecular weight excluding hydrogens is 221 g/mol. The minimum Gasteiger partial charge on any atom is -0.326 e. The van der Waals surface area contributed by atoms with E-state index in [1.807, 2.05) is 0 Å². The van der Waals surface area contributed by atoms with E-state index < -0.39 is 23.0 Å². The lowest BCUT2D eigenvalue weighted by molar-refractivity contribution is 0.496. The molecule has 6 heteroatoms. The van der Waals surface area contributed by atoms with Gasteiger partial charge in [-0.05, 0) is 6.07 Å². The summed E-state index contributed by atoms with van der Waals surface area (Å²) in [7, 11) is 0. The molecule has 0 fully saturated rings. The molecule has 2 aromatic rings. The Kier molecular flexibility index (Phi) is 2.47. The average Bonchev–Trinajstić information content (AvgIpc) is 2.25. The summed E-state index contributed by atoms with van der Waals surface area (Å²) in [6, 6.07) is 0.973. The van der Waals surface area contributed by atoms with E-state index in [2.05, 4.69) is 9.97 Å². The van der Waals surface area contributed by atoms with Crippen molar-refractivity contribution < 1.29 is 13.2 Å². The zero-order valence-electron chi connectivity index (χ0n) is 7.80. The number of aromatic nitrogens is 2. The monoisotopic (exact) mass is 226 g/mol. The zero-order chi connectivity index (χ0) is 11.7. The number of hydrogen-bond donors (Lipinski definition) is 1. The van der Waals surface area contributed by atoms with Crippen molar-refractivity contribution in [2.24, 2.45) is 0 Å². The molecule has 1 heterocycles. The second-order valence-electron chi connectivity index (χ2n) is 3.01. The summed E-state index contributed by atoms with van der Waals surface area (Å²) in [4.78, 5) is 17.1. The molecule has 1 aromatic heterocycles. The molecule has 0 amide bonds. The van der Waals surface area contributed by atoms with Gasteiger partial charge < -0.3 is 4.98 Å². The Morgan fingerprint density at radius 3 is 2.44 bits per heavy atom. The Bertz CT molecular complexity index is 595.